The van der Waals surface area contributed by atoms with Crippen molar-refractivity contribution < 1.29 is 72.3 Å². The van der Waals surface area contributed by atoms with E-state index >= 15 is 0 Å². The van der Waals surface area contributed by atoms with Crippen LogP contribution in [0.4, 0.5) is 48.3 Å². The molecule has 104 valence electrons. The average Bonchev–Trinajstić information content (AvgIpc) is 1.95. The van der Waals surface area contributed by atoms with E-state index in [0.29, 0.717) is 0 Å². The van der Waals surface area contributed by atoms with Gasteiger partial charge in [-0.2, -0.15) is 48.3 Å². The second-order valence-corrected chi connectivity index (χ2v) is 2.75. The molecule has 0 radical (unpaired) electrons. The van der Waals surface area contributed by atoms with E-state index < -0.39 is 30.1 Å². The van der Waals surface area contributed by atoms with Crippen LogP contribution in [0.15, 0.2) is 0 Å². The number of rotatable bonds is 1. The molecule has 0 aliphatic heterocycles. The average molecular weight is 292 g/mol. The molecule has 0 unspecified atom stereocenters. The summed E-state index contributed by atoms with van der Waals surface area (Å²) in [4.78, 5) is 0. The monoisotopic (exact) mass is 292 g/mol. The molecule has 0 aromatic heterocycles. The Morgan fingerprint density at radius 1 is 0.500 bits per heavy atom. The number of halogens is 11. The Bertz CT molecular complexity index is 271. The molecule has 18 heavy (non-hydrogen) atoms. The zero-order chi connectivity index (χ0) is 14.5. The van der Waals surface area contributed by atoms with Crippen LogP contribution >= 0.6 is 0 Å². The molecule has 0 atom stereocenters. The third-order valence-corrected chi connectivity index (χ3v) is 1.60. The van der Waals surface area contributed by atoms with Gasteiger partial charge in [0.15, 0.2) is 5.60 Å². The van der Waals surface area contributed by atoms with Gasteiger partial charge in [0.25, 0.3) is 0 Å². The van der Waals surface area contributed by atoms with E-state index in [4.69, 9.17) is 0 Å². The molecule has 0 saturated heterocycles. The summed E-state index contributed by atoms with van der Waals surface area (Å²) >= 11 is 0. The molecule has 0 saturated carbocycles. The molecule has 0 aromatic rings. The number of hydrogen-bond donors (Lipinski definition) is 0. The van der Waals surface area contributed by atoms with Gasteiger partial charge in [0, 0.05) is 0 Å². The van der Waals surface area contributed by atoms with Crippen molar-refractivity contribution in [3.05, 3.63) is 0 Å². The van der Waals surface area contributed by atoms with Gasteiger partial charge in [0.1, 0.15) is 0 Å². The van der Waals surface area contributed by atoms with Gasteiger partial charge in [-0.15, -0.1) is 0 Å². The summed E-state index contributed by atoms with van der Waals surface area (Å²) in [7, 11) is 0. The Morgan fingerprint density at radius 3 is 0.778 bits per heavy atom. The minimum Gasteiger partial charge on any atom is -0.832 e. The number of hydrogen-bond acceptors (Lipinski definition) is 1. The maximum absolute atomic E-state index is 12.1. The van der Waals surface area contributed by atoms with Crippen LogP contribution in [0, 0.1) is 0 Å². The Morgan fingerprint density at radius 2 is 0.722 bits per heavy atom. The summed E-state index contributed by atoms with van der Waals surface area (Å²) < 4.78 is 128. The van der Waals surface area contributed by atoms with Crippen LogP contribution in [0.25, 0.3) is 0 Å². The van der Waals surface area contributed by atoms with E-state index in [1.54, 1.807) is 0 Å². The smallest absolute Gasteiger partial charge is 0.832 e. The third kappa shape index (κ3) is 2.70. The Hall–Kier alpha value is -0.213. The molecule has 1 nitrogen and oxygen atoms in total. The normalized spacial score (nSPS) is 15.3. The van der Waals surface area contributed by atoms with Gasteiger partial charge in [-0.25, -0.2) is 0 Å². The van der Waals surface area contributed by atoms with Crippen LogP contribution < -0.4 is 24.0 Å². The van der Waals surface area contributed by atoms with Gasteiger partial charge < -0.3 is 5.11 Å². The van der Waals surface area contributed by atoms with Crippen LogP contribution in [0.3, 0.4) is 0 Å². The summed E-state index contributed by atoms with van der Waals surface area (Å²) in [6.07, 6.45) is -22.0. The van der Waals surface area contributed by atoms with Gasteiger partial charge in [-0.05, 0) is 0 Å². The van der Waals surface area contributed by atoms with Crippen LogP contribution in [0.2, 0.25) is 0 Å². The predicted octanol–water partition coefficient (Wildman–Crippen LogP) is -0.588. The van der Waals surface area contributed by atoms with Crippen molar-refractivity contribution in [2.75, 3.05) is 0 Å². The van der Waals surface area contributed by atoms with Crippen molar-refractivity contribution in [3.63, 3.8) is 0 Å². The van der Waals surface area contributed by atoms with Gasteiger partial charge in [0.2, 0.25) is 0 Å². The quantitative estimate of drug-likeness (QED) is 0.468. The fourth-order valence-electron chi connectivity index (χ4n) is 0.716. The number of alkyl halides is 11. The molecule has 0 amide bonds. The van der Waals surface area contributed by atoms with E-state index in [2.05, 4.69) is 0 Å². The van der Waals surface area contributed by atoms with E-state index in [0.717, 1.165) is 0 Å². The predicted molar refractivity (Wildman–Crippen MR) is 25.8 cm³/mol. The van der Waals surface area contributed by atoms with E-state index in [1.807, 2.05) is 0 Å². The van der Waals surface area contributed by atoms with Crippen molar-refractivity contribution in [1.82, 2.24) is 0 Å². The molecule has 0 aromatic carbocycles. The summed E-state index contributed by atoms with van der Waals surface area (Å²) in [5.41, 5.74) is -7.45. The van der Waals surface area contributed by atoms with Crippen LogP contribution in [-0.2, 0) is 0 Å². The van der Waals surface area contributed by atoms with Crippen molar-refractivity contribution in [2.24, 2.45) is 0 Å². The molecule has 13 heteroatoms. The third-order valence-electron chi connectivity index (χ3n) is 1.60. The van der Waals surface area contributed by atoms with Crippen molar-refractivity contribution in [3.8, 4) is 0 Å². The zero-order valence-electron chi connectivity index (χ0n) is 8.07. The van der Waals surface area contributed by atoms with E-state index in [1.165, 1.54) is 0 Å². The molecule has 0 aliphatic carbocycles. The van der Waals surface area contributed by atoms with Gasteiger partial charge in [0.05, 0.1) is 0 Å². The van der Waals surface area contributed by atoms with E-state index in [-0.39, 0.29) is 18.9 Å². The molecular weight excluding hydrogens is 292 g/mol. The van der Waals surface area contributed by atoms with Gasteiger partial charge >= 0.3 is 43.3 Å². The second kappa shape index (κ2) is 4.72. The molecular formula is C5F11LiO. The van der Waals surface area contributed by atoms with Crippen molar-refractivity contribution >= 4 is 0 Å². The topological polar surface area (TPSA) is 23.1 Å². The first-order valence-corrected chi connectivity index (χ1v) is 3.28. The minimum absolute atomic E-state index is 0. The molecule has 0 N–H and O–H groups in total. The Balaban J connectivity index is 0. The SMILES string of the molecule is [Li+].[O-]C(C(F)(F)F)(C(F)(F)F)C(F)(F)C(F)(F)F. The Kier molecular flexibility index (Phi) is 5.27. The summed E-state index contributed by atoms with van der Waals surface area (Å²) in [5.74, 6) is -7.55. The molecule has 0 bridgehead atoms. The van der Waals surface area contributed by atoms with Crippen LogP contribution in [-0.4, -0.2) is 30.1 Å². The summed E-state index contributed by atoms with van der Waals surface area (Å²) in [5, 5.41) is 10.1. The molecule has 0 rings (SSSR count). The largest absolute Gasteiger partial charge is 1.00 e. The summed E-state index contributed by atoms with van der Waals surface area (Å²) in [6, 6.07) is 0. The van der Waals surface area contributed by atoms with Crippen LogP contribution in [0.1, 0.15) is 0 Å². The molecule has 0 aliphatic rings. The van der Waals surface area contributed by atoms with E-state index in [9.17, 15) is 53.4 Å². The first-order valence-electron chi connectivity index (χ1n) is 3.28. The fraction of sp³-hybridized carbons (Fsp3) is 1.00. The van der Waals surface area contributed by atoms with Crippen molar-refractivity contribution in [1.29, 1.82) is 0 Å². The summed E-state index contributed by atoms with van der Waals surface area (Å²) in [6.45, 7) is 0. The van der Waals surface area contributed by atoms with Gasteiger partial charge in [-0.1, -0.05) is 0 Å². The maximum Gasteiger partial charge on any atom is 1.00 e. The first-order chi connectivity index (χ1) is 7.00. The minimum atomic E-state index is -7.55. The first kappa shape index (κ1) is 20.1. The zero-order valence-corrected chi connectivity index (χ0v) is 8.07. The Labute approximate surface area is 103 Å². The van der Waals surface area contributed by atoms with Gasteiger partial charge in [-0.3, -0.25) is 0 Å². The second-order valence-electron chi connectivity index (χ2n) is 2.75. The fourth-order valence-corrected chi connectivity index (χ4v) is 0.716. The molecule has 0 heterocycles. The maximum atomic E-state index is 12.1. The van der Waals surface area contributed by atoms with Crippen LogP contribution in [0.5, 0.6) is 0 Å². The standard InChI is InChI=1S/C5F11O.Li/c6-2(7,5(14,15)16)1(17,3(8,9)10)4(11,12)13;/q-1;+1. The van der Waals surface area contributed by atoms with Crippen molar-refractivity contribution in [2.45, 2.75) is 30.1 Å². The molecule has 0 spiro atoms. The molecule has 0 fully saturated rings.